The van der Waals surface area contributed by atoms with Gasteiger partial charge in [0.2, 0.25) is 0 Å². The highest BCUT2D eigenvalue weighted by Crippen LogP contribution is 2.12. The summed E-state index contributed by atoms with van der Waals surface area (Å²) in [5, 5.41) is 3.36. The van der Waals surface area contributed by atoms with Crippen molar-refractivity contribution in [2.45, 2.75) is 6.54 Å². The molecule has 0 bridgehead atoms. The molecule has 1 aromatic rings. The van der Waals surface area contributed by atoms with Gasteiger partial charge in [-0.2, -0.15) is 4.90 Å². The maximum atomic E-state index is 5.14. The van der Waals surface area contributed by atoms with E-state index >= 15 is 0 Å². The molecule has 2 rings (SSSR count). The summed E-state index contributed by atoms with van der Waals surface area (Å²) in [6.45, 7) is 5.55. The Bertz CT molecular complexity index is 291. The van der Waals surface area contributed by atoms with Crippen LogP contribution in [0, 0.1) is 0 Å². The summed E-state index contributed by atoms with van der Waals surface area (Å²) in [7, 11) is 1.70. The van der Waals surface area contributed by atoms with Gasteiger partial charge in [0, 0.05) is 18.7 Å². The zero-order chi connectivity index (χ0) is 10.5. The molecule has 1 radical (unpaired) electrons. The van der Waals surface area contributed by atoms with Gasteiger partial charge in [-0.25, -0.2) is 0 Å². The number of hydrogen-bond donors (Lipinski definition) is 1. The summed E-state index contributed by atoms with van der Waals surface area (Å²) >= 11 is 0. The van der Waals surface area contributed by atoms with Gasteiger partial charge >= 0.3 is 0 Å². The lowest BCUT2D eigenvalue weighted by Gasteiger charge is -2.18. The van der Waals surface area contributed by atoms with Crippen LogP contribution in [0.5, 0.6) is 5.75 Å². The molecule has 0 aliphatic carbocycles. The lowest BCUT2D eigenvalue weighted by atomic mass is 10.2. The number of methoxy groups -OCH3 is 1. The number of ether oxygens (including phenoxy) is 1. The SMILES string of the molecule is COc1ccc(C[N+]2CCNCC2)cc1. The Morgan fingerprint density at radius 3 is 2.47 bits per heavy atom. The molecule has 0 spiro atoms. The normalized spacial score (nSPS) is 17.7. The summed E-state index contributed by atoms with van der Waals surface area (Å²) < 4.78 is 5.14. The molecule has 0 aromatic heterocycles. The van der Waals surface area contributed by atoms with Crippen LogP contribution in [0.15, 0.2) is 24.3 Å². The van der Waals surface area contributed by atoms with E-state index in [9.17, 15) is 0 Å². The van der Waals surface area contributed by atoms with Gasteiger partial charge < -0.3 is 10.1 Å². The molecule has 1 N–H and O–H groups in total. The number of rotatable bonds is 3. The Balaban J connectivity index is 1.91. The van der Waals surface area contributed by atoms with Crippen molar-refractivity contribution in [2.75, 3.05) is 33.3 Å². The highest BCUT2D eigenvalue weighted by atomic mass is 16.5. The van der Waals surface area contributed by atoms with Gasteiger partial charge in [-0.3, -0.25) is 0 Å². The third kappa shape index (κ3) is 2.94. The monoisotopic (exact) mass is 206 g/mol. The molecule has 1 saturated heterocycles. The van der Waals surface area contributed by atoms with E-state index in [4.69, 9.17) is 4.74 Å². The van der Waals surface area contributed by atoms with E-state index in [1.807, 2.05) is 12.1 Å². The van der Waals surface area contributed by atoms with Crippen LogP contribution in [0.25, 0.3) is 0 Å². The summed E-state index contributed by atoms with van der Waals surface area (Å²) in [5.41, 5.74) is 1.36. The van der Waals surface area contributed by atoms with E-state index in [-0.39, 0.29) is 0 Å². The minimum atomic E-state index is 0.930. The van der Waals surface area contributed by atoms with Crippen molar-refractivity contribution in [1.29, 1.82) is 0 Å². The smallest absolute Gasteiger partial charge is 0.148 e. The molecule has 1 fully saturated rings. The van der Waals surface area contributed by atoms with E-state index in [1.165, 1.54) is 5.56 Å². The number of hydrogen-bond acceptors (Lipinski definition) is 3. The van der Waals surface area contributed by atoms with Crippen molar-refractivity contribution in [2.24, 2.45) is 0 Å². The molecule has 1 aliphatic rings. The second kappa shape index (κ2) is 5.14. The van der Waals surface area contributed by atoms with Crippen molar-refractivity contribution in [3.05, 3.63) is 29.8 Å². The zero-order valence-electron chi connectivity index (χ0n) is 9.20. The predicted molar refractivity (Wildman–Crippen MR) is 61.4 cm³/mol. The Kier molecular flexibility index (Phi) is 3.59. The first-order valence-corrected chi connectivity index (χ1v) is 5.44. The molecular formula is C12H18N2O+. The van der Waals surface area contributed by atoms with E-state index < -0.39 is 0 Å². The Labute approximate surface area is 91.0 Å². The number of nitrogens with one attached hydrogen (secondary N) is 1. The van der Waals surface area contributed by atoms with Gasteiger partial charge in [-0.15, -0.1) is 0 Å². The molecule has 1 heterocycles. The molecule has 1 aromatic carbocycles. The van der Waals surface area contributed by atoms with E-state index in [0.717, 1.165) is 38.5 Å². The lowest BCUT2D eigenvalue weighted by Crippen LogP contribution is -2.46. The van der Waals surface area contributed by atoms with Gasteiger partial charge in [-0.05, 0) is 24.3 Å². The van der Waals surface area contributed by atoms with E-state index in [0.29, 0.717) is 0 Å². The van der Waals surface area contributed by atoms with E-state index in [1.54, 1.807) is 7.11 Å². The van der Waals surface area contributed by atoms with Crippen LogP contribution in [0.4, 0.5) is 0 Å². The average molecular weight is 206 g/mol. The lowest BCUT2D eigenvalue weighted by molar-refractivity contribution is 0.349. The molecule has 0 atom stereocenters. The van der Waals surface area contributed by atoms with Crippen molar-refractivity contribution in [3.8, 4) is 5.75 Å². The summed E-state index contributed by atoms with van der Waals surface area (Å²) in [6.07, 6.45) is 0. The quantitative estimate of drug-likeness (QED) is 0.745. The number of piperazine rings is 1. The van der Waals surface area contributed by atoms with Gasteiger partial charge in [0.1, 0.15) is 25.4 Å². The van der Waals surface area contributed by atoms with Crippen LogP contribution in [-0.2, 0) is 6.54 Å². The number of nitrogens with zero attached hydrogens (tertiary/aromatic N) is 1. The van der Waals surface area contributed by atoms with E-state index in [2.05, 4.69) is 22.3 Å². The first-order chi connectivity index (χ1) is 7.38. The maximum absolute atomic E-state index is 5.14. The summed E-state index contributed by atoms with van der Waals surface area (Å²) in [6, 6.07) is 8.33. The molecule has 0 amide bonds. The van der Waals surface area contributed by atoms with Crippen LogP contribution >= 0.6 is 0 Å². The highest BCUT2D eigenvalue weighted by molar-refractivity contribution is 5.27. The van der Waals surface area contributed by atoms with Gasteiger partial charge in [0.05, 0.1) is 7.11 Å². The predicted octanol–water partition coefficient (Wildman–Crippen LogP) is 0.938. The van der Waals surface area contributed by atoms with Crippen LogP contribution in [-0.4, -0.2) is 33.3 Å². The Morgan fingerprint density at radius 1 is 1.20 bits per heavy atom. The summed E-state index contributed by atoms with van der Waals surface area (Å²) in [5.74, 6) is 0.930. The second-order valence-corrected chi connectivity index (χ2v) is 3.87. The maximum Gasteiger partial charge on any atom is 0.148 e. The topological polar surface area (TPSA) is 27.2 Å². The van der Waals surface area contributed by atoms with Gasteiger partial charge in [0.15, 0.2) is 0 Å². The highest BCUT2D eigenvalue weighted by Gasteiger charge is 2.18. The largest absolute Gasteiger partial charge is 0.497 e. The average Bonchev–Trinajstić information content (AvgIpc) is 2.31. The van der Waals surface area contributed by atoms with Crippen LogP contribution in [0.3, 0.4) is 0 Å². The standard InChI is InChI=1S/C12H18N2O/c1-15-12-4-2-11(3-5-12)10-14-8-6-13-7-9-14/h2-5,13H,6-10H2,1H3/q+1. The number of benzene rings is 1. The van der Waals surface area contributed by atoms with Crippen LogP contribution in [0.1, 0.15) is 5.56 Å². The van der Waals surface area contributed by atoms with Gasteiger partial charge in [0.25, 0.3) is 0 Å². The minimum absolute atomic E-state index is 0.930. The molecule has 15 heavy (non-hydrogen) atoms. The third-order valence-electron chi connectivity index (χ3n) is 2.77. The molecular weight excluding hydrogens is 188 g/mol. The van der Waals surface area contributed by atoms with Gasteiger partial charge in [-0.1, -0.05) is 0 Å². The Morgan fingerprint density at radius 2 is 1.87 bits per heavy atom. The second-order valence-electron chi connectivity index (χ2n) is 3.87. The fraction of sp³-hybridized carbons (Fsp3) is 0.500. The summed E-state index contributed by atoms with van der Waals surface area (Å²) in [4.78, 5) is 2.47. The van der Waals surface area contributed by atoms with Crippen molar-refractivity contribution >= 4 is 0 Å². The van der Waals surface area contributed by atoms with Crippen LogP contribution in [0.2, 0.25) is 0 Å². The first kappa shape index (κ1) is 10.5. The van der Waals surface area contributed by atoms with Crippen molar-refractivity contribution in [1.82, 2.24) is 10.2 Å². The fourth-order valence-electron chi connectivity index (χ4n) is 1.86. The fourth-order valence-corrected chi connectivity index (χ4v) is 1.86. The third-order valence-corrected chi connectivity index (χ3v) is 2.77. The zero-order valence-corrected chi connectivity index (χ0v) is 9.20. The van der Waals surface area contributed by atoms with Crippen LogP contribution < -0.4 is 15.0 Å². The Hall–Kier alpha value is -1.06. The van der Waals surface area contributed by atoms with Crippen molar-refractivity contribution in [3.63, 3.8) is 0 Å². The molecule has 3 heteroatoms. The molecule has 3 nitrogen and oxygen atoms in total. The molecule has 81 valence electrons. The first-order valence-electron chi connectivity index (χ1n) is 5.44. The molecule has 0 unspecified atom stereocenters. The van der Waals surface area contributed by atoms with Crippen molar-refractivity contribution < 1.29 is 4.74 Å². The minimum Gasteiger partial charge on any atom is -0.497 e. The molecule has 0 saturated carbocycles. The molecule has 1 aliphatic heterocycles.